The SMILES string of the molecule is CCC(NC(C)CCN(C)C)C(=O)O. The van der Waals surface area contributed by atoms with Crippen LogP contribution < -0.4 is 5.32 Å². The van der Waals surface area contributed by atoms with E-state index in [0.29, 0.717) is 6.42 Å². The van der Waals surface area contributed by atoms with Crippen molar-refractivity contribution in [3.8, 4) is 0 Å². The third kappa shape index (κ3) is 5.94. The number of carboxylic acids is 1. The van der Waals surface area contributed by atoms with Crippen LogP contribution in [0.15, 0.2) is 0 Å². The zero-order chi connectivity index (χ0) is 11.1. The molecule has 0 bridgehead atoms. The van der Waals surface area contributed by atoms with Crippen LogP contribution in [-0.4, -0.2) is 48.7 Å². The van der Waals surface area contributed by atoms with Crippen LogP contribution in [0.25, 0.3) is 0 Å². The topological polar surface area (TPSA) is 52.6 Å². The van der Waals surface area contributed by atoms with Crippen molar-refractivity contribution >= 4 is 5.97 Å². The highest BCUT2D eigenvalue weighted by Gasteiger charge is 2.16. The number of carbonyl (C=O) groups is 1. The van der Waals surface area contributed by atoms with Gasteiger partial charge in [-0.05, 0) is 40.4 Å². The van der Waals surface area contributed by atoms with Crippen molar-refractivity contribution in [2.45, 2.75) is 38.8 Å². The van der Waals surface area contributed by atoms with Crippen molar-refractivity contribution in [3.63, 3.8) is 0 Å². The van der Waals surface area contributed by atoms with Gasteiger partial charge in [0.05, 0.1) is 0 Å². The van der Waals surface area contributed by atoms with Gasteiger partial charge in [0.2, 0.25) is 0 Å². The zero-order valence-electron chi connectivity index (χ0n) is 9.58. The van der Waals surface area contributed by atoms with Gasteiger partial charge in [-0.2, -0.15) is 0 Å². The average molecular weight is 202 g/mol. The van der Waals surface area contributed by atoms with Crippen LogP contribution in [0.3, 0.4) is 0 Å². The Kier molecular flexibility index (Phi) is 6.49. The second-order valence-corrected chi connectivity index (χ2v) is 3.96. The molecule has 0 saturated heterocycles. The van der Waals surface area contributed by atoms with Gasteiger partial charge in [0, 0.05) is 6.04 Å². The lowest BCUT2D eigenvalue weighted by molar-refractivity contribution is -0.139. The third-order valence-electron chi connectivity index (χ3n) is 2.20. The minimum Gasteiger partial charge on any atom is -0.480 e. The highest BCUT2D eigenvalue weighted by molar-refractivity contribution is 5.73. The van der Waals surface area contributed by atoms with E-state index in [0.717, 1.165) is 13.0 Å². The molecule has 0 aliphatic heterocycles. The zero-order valence-corrected chi connectivity index (χ0v) is 9.58. The molecule has 84 valence electrons. The molecule has 0 aromatic carbocycles. The molecule has 0 aromatic rings. The van der Waals surface area contributed by atoms with Gasteiger partial charge in [0.1, 0.15) is 6.04 Å². The van der Waals surface area contributed by atoms with Crippen molar-refractivity contribution in [2.75, 3.05) is 20.6 Å². The Morgan fingerprint density at radius 3 is 2.43 bits per heavy atom. The molecule has 2 unspecified atom stereocenters. The quantitative estimate of drug-likeness (QED) is 0.640. The lowest BCUT2D eigenvalue weighted by Gasteiger charge is -2.20. The summed E-state index contributed by atoms with van der Waals surface area (Å²) in [6, 6.07) is -0.161. The minimum atomic E-state index is -0.760. The Hall–Kier alpha value is -0.610. The first-order valence-electron chi connectivity index (χ1n) is 5.11. The summed E-state index contributed by atoms with van der Waals surface area (Å²) >= 11 is 0. The highest BCUT2D eigenvalue weighted by atomic mass is 16.4. The van der Waals surface area contributed by atoms with Crippen molar-refractivity contribution in [1.29, 1.82) is 0 Å². The molecule has 0 amide bonds. The van der Waals surface area contributed by atoms with Crippen molar-refractivity contribution in [1.82, 2.24) is 10.2 Å². The Balaban J connectivity index is 3.79. The van der Waals surface area contributed by atoms with E-state index < -0.39 is 12.0 Å². The smallest absolute Gasteiger partial charge is 0.320 e. The van der Waals surface area contributed by atoms with Crippen molar-refractivity contribution < 1.29 is 9.90 Å². The van der Waals surface area contributed by atoms with Crippen molar-refractivity contribution in [2.24, 2.45) is 0 Å². The van der Waals surface area contributed by atoms with Gasteiger partial charge in [0.15, 0.2) is 0 Å². The van der Waals surface area contributed by atoms with Gasteiger partial charge in [0.25, 0.3) is 0 Å². The molecule has 0 aromatic heterocycles. The number of aliphatic carboxylic acids is 1. The first-order chi connectivity index (χ1) is 6.47. The molecular weight excluding hydrogens is 180 g/mol. The summed E-state index contributed by atoms with van der Waals surface area (Å²) in [5.41, 5.74) is 0. The molecule has 0 heterocycles. The molecule has 0 rings (SSSR count). The first kappa shape index (κ1) is 13.4. The molecule has 14 heavy (non-hydrogen) atoms. The van der Waals surface area contributed by atoms with Crippen LogP contribution in [0.1, 0.15) is 26.7 Å². The highest BCUT2D eigenvalue weighted by Crippen LogP contribution is 1.98. The molecular formula is C10H22N2O2. The van der Waals surface area contributed by atoms with Crippen LogP contribution in [-0.2, 0) is 4.79 Å². The summed E-state index contributed by atoms with van der Waals surface area (Å²) in [7, 11) is 4.03. The summed E-state index contributed by atoms with van der Waals surface area (Å²) in [5.74, 6) is -0.760. The molecule has 0 fully saturated rings. The van der Waals surface area contributed by atoms with Crippen LogP contribution in [0.5, 0.6) is 0 Å². The van der Waals surface area contributed by atoms with E-state index in [-0.39, 0.29) is 6.04 Å². The Labute approximate surface area is 86.3 Å². The van der Waals surface area contributed by atoms with E-state index >= 15 is 0 Å². The predicted molar refractivity (Wildman–Crippen MR) is 57.5 cm³/mol. The van der Waals surface area contributed by atoms with E-state index in [4.69, 9.17) is 5.11 Å². The molecule has 2 atom stereocenters. The average Bonchev–Trinajstić information content (AvgIpc) is 2.10. The maximum absolute atomic E-state index is 10.7. The van der Waals surface area contributed by atoms with Gasteiger partial charge in [-0.1, -0.05) is 6.92 Å². The fourth-order valence-electron chi connectivity index (χ4n) is 1.24. The molecule has 0 saturated carbocycles. The Morgan fingerprint density at radius 2 is 2.07 bits per heavy atom. The van der Waals surface area contributed by atoms with Gasteiger partial charge >= 0.3 is 5.97 Å². The van der Waals surface area contributed by atoms with Crippen LogP contribution >= 0.6 is 0 Å². The maximum Gasteiger partial charge on any atom is 0.320 e. The maximum atomic E-state index is 10.7. The molecule has 0 radical (unpaired) electrons. The van der Waals surface area contributed by atoms with Gasteiger partial charge in [-0.15, -0.1) is 0 Å². The lowest BCUT2D eigenvalue weighted by Crippen LogP contribution is -2.42. The minimum absolute atomic E-state index is 0.249. The second-order valence-electron chi connectivity index (χ2n) is 3.96. The first-order valence-corrected chi connectivity index (χ1v) is 5.11. The molecule has 4 nitrogen and oxygen atoms in total. The van der Waals surface area contributed by atoms with Crippen LogP contribution in [0.4, 0.5) is 0 Å². The van der Waals surface area contributed by atoms with Gasteiger partial charge in [-0.3, -0.25) is 4.79 Å². The van der Waals surface area contributed by atoms with E-state index in [1.165, 1.54) is 0 Å². The lowest BCUT2D eigenvalue weighted by atomic mass is 10.1. The number of nitrogens with zero attached hydrogens (tertiary/aromatic N) is 1. The van der Waals surface area contributed by atoms with E-state index in [1.54, 1.807) is 0 Å². The molecule has 0 spiro atoms. The summed E-state index contributed by atoms with van der Waals surface area (Å²) in [4.78, 5) is 12.8. The standard InChI is InChI=1S/C10H22N2O2/c1-5-9(10(13)14)11-8(2)6-7-12(3)4/h8-9,11H,5-7H2,1-4H3,(H,13,14). The van der Waals surface area contributed by atoms with Gasteiger partial charge in [-0.25, -0.2) is 0 Å². The van der Waals surface area contributed by atoms with E-state index in [2.05, 4.69) is 10.2 Å². The molecule has 0 aliphatic carbocycles. The number of nitrogens with one attached hydrogen (secondary N) is 1. The van der Waals surface area contributed by atoms with Gasteiger partial charge < -0.3 is 15.3 Å². The third-order valence-corrected chi connectivity index (χ3v) is 2.20. The van der Waals surface area contributed by atoms with Crippen LogP contribution in [0.2, 0.25) is 0 Å². The van der Waals surface area contributed by atoms with E-state index in [1.807, 2.05) is 27.9 Å². The number of rotatable bonds is 7. The number of hydrogen-bond acceptors (Lipinski definition) is 3. The summed E-state index contributed by atoms with van der Waals surface area (Å²) in [6.07, 6.45) is 1.60. The fraction of sp³-hybridized carbons (Fsp3) is 0.900. The number of hydrogen-bond donors (Lipinski definition) is 2. The van der Waals surface area contributed by atoms with Crippen molar-refractivity contribution in [3.05, 3.63) is 0 Å². The predicted octanol–water partition coefficient (Wildman–Crippen LogP) is 0.779. The largest absolute Gasteiger partial charge is 0.480 e. The summed E-state index contributed by atoms with van der Waals surface area (Å²) in [6.45, 7) is 4.88. The molecule has 2 N–H and O–H groups in total. The molecule has 4 heteroatoms. The molecule has 0 aliphatic rings. The number of carboxylic acid groups (broad SMARTS) is 1. The fourth-order valence-corrected chi connectivity index (χ4v) is 1.24. The second kappa shape index (κ2) is 6.79. The normalized spacial score (nSPS) is 15.5. The van der Waals surface area contributed by atoms with E-state index in [9.17, 15) is 4.79 Å². The Bertz CT molecular complexity index is 172. The summed E-state index contributed by atoms with van der Waals surface area (Å²) in [5, 5.41) is 11.9. The van der Waals surface area contributed by atoms with Crippen LogP contribution in [0, 0.1) is 0 Å². The summed E-state index contributed by atoms with van der Waals surface area (Å²) < 4.78 is 0. The monoisotopic (exact) mass is 202 g/mol. The Morgan fingerprint density at radius 1 is 1.50 bits per heavy atom.